The van der Waals surface area contributed by atoms with Gasteiger partial charge in [-0.2, -0.15) is 4.73 Å². The van der Waals surface area contributed by atoms with Crippen molar-refractivity contribution in [3.63, 3.8) is 0 Å². The maximum atomic E-state index is 13.6. The van der Waals surface area contributed by atoms with Gasteiger partial charge in [0.15, 0.2) is 23.9 Å². The van der Waals surface area contributed by atoms with Crippen molar-refractivity contribution in [3.05, 3.63) is 128 Å². The second kappa shape index (κ2) is 17.7. The van der Waals surface area contributed by atoms with Crippen molar-refractivity contribution in [2.45, 2.75) is 51.5 Å². The Morgan fingerprint density at radius 1 is 0.961 bits per heavy atom. The fraction of sp³-hybridized carbons (Fsp3) is 0.359. The summed E-state index contributed by atoms with van der Waals surface area (Å²) >= 11 is 12.8. The summed E-state index contributed by atoms with van der Waals surface area (Å²) in [6.45, 7) is 7.24. The maximum absolute atomic E-state index is 13.6. The van der Waals surface area contributed by atoms with Gasteiger partial charge in [-0.05, 0) is 66.4 Å². The summed E-state index contributed by atoms with van der Waals surface area (Å²) < 4.78 is 23.5. The molecule has 1 fully saturated rings. The van der Waals surface area contributed by atoms with Crippen LogP contribution in [0.2, 0.25) is 10.0 Å². The van der Waals surface area contributed by atoms with Crippen molar-refractivity contribution in [2.75, 3.05) is 33.9 Å². The molecule has 0 aliphatic carbocycles. The number of methoxy groups -OCH3 is 2. The average molecular weight is 737 g/mol. The molecule has 0 spiro atoms. The monoisotopic (exact) mass is 735 g/mol. The van der Waals surface area contributed by atoms with Crippen molar-refractivity contribution < 1.29 is 33.3 Å². The van der Waals surface area contributed by atoms with E-state index in [4.69, 9.17) is 42.1 Å². The van der Waals surface area contributed by atoms with Crippen molar-refractivity contribution in [3.8, 4) is 11.5 Å². The van der Waals surface area contributed by atoms with E-state index in [0.717, 1.165) is 37.2 Å². The number of halogens is 2. The average Bonchev–Trinajstić information content (AvgIpc) is 3.13. The second-order valence-electron chi connectivity index (χ2n) is 12.6. The first-order valence-corrected chi connectivity index (χ1v) is 17.6. The molecule has 1 saturated heterocycles. The Labute approximate surface area is 308 Å². The molecule has 1 aromatic heterocycles. The van der Waals surface area contributed by atoms with E-state index < -0.39 is 18.1 Å². The van der Waals surface area contributed by atoms with Gasteiger partial charge in [0.25, 0.3) is 0 Å². The summed E-state index contributed by atoms with van der Waals surface area (Å²) in [6.07, 6.45) is 2.45. The molecule has 10 nitrogen and oxygen atoms in total. The van der Waals surface area contributed by atoms with Crippen LogP contribution in [0.15, 0.2) is 85.2 Å². The van der Waals surface area contributed by atoms with Gasteiger partial charge in [-0.25, -0.2) is 9.59 Å². The van der Waals surface area contributed by atoms with Crippen LogP contribution in [0.1, 0.15) is 65.0 Å². The van der Waals surface area contributed by atoms with Gasteiger partial charge in [0.05, 0.1) is 19.8 Å². The fourth-order valence-corrected chi connectivity index (χ4v) is 6.70. The van der Waals surface area contributed by atoms with Crippen molar-refractivity contribution >= 4 is 35.1 Å². The number of carbonyl (C=O) groups excluding carboxylic acids is 2. The molecule has 0 bridgehead atoms. The van der Waals surface area contributed by atoms with E-state index >= 15 is 0 Å². The second-order valence-corrected chi connectivity index (χ2v) is 13.4. The molecule has 51 heavy (non-hydrogen) atoms. The van der Waals surface area contributed by atoms with E-state index in [1.165, 1.54) is 26.6 Å². The first-order chi connectivity index (χ1) is 24.6. The number of rotatable bonds is 14. The van der Waals surface area contributed by atoms with Crippen LogP contribution >= 0.6 is 23.2 Å². The normalized spacial score (nSPS) is 17.3. The lowest BCUT2D eigenvalue weighted by atomic mass is 9.95. The molecular formula is C39H43Cl2N3O7. The predicted molar refractivity (Wildman–Crippen MR) is 195 cm³/mol. The topological polar surface area (TPSA) is 113 Å². The Bertz CT molecular complexity index is 1770. The number of ether oxygens (including phenoxy) is 4. The van der Waals surface area contributed by atoms with Gasteiger partial charge >= 0.3 is 11.9 Å². The van der Waals surface area contributed by atoms with Gasteiger partial charge in [0.2, 0.25) is 0 Å². The zero-order valence-electron chi connectivity index (χ0n) is 29.1. The van der Waals surface area contributed by atoms with E-state index in [0.29, 0.717) is 39.5 Å². The lowest BCUT2D eigenvalue weighted by Crippen LogP contribution is -2.46. The van der Waals surface area contributed by atoms with E-state index in [9.17, 15) is 14.8 Å². The molecule has 3 aromatic carbocycles. The van der Waals surface area contributed by atoms with Gasteiger partial charge in [-0.1, -0.05) is 85.6 Å². The number of carbonyl (C=O) groups is 2. The number of benzene rings is 3. The summed E-state index contributed by atoms with van der Waals surface area (Å²) in [6, 6.07) is 21.0. The summed E-state index contributed by atoms with van der Waals surface area (Å²) in [5, 5.41) is 15.5. The van der Waals surface area contributed by atoms with Crippen LogP contribution in [0.3, 0.4) is 0 Å². The van der Waals surface area contributed by atoms with E-state index in [1.54, 1.807) is 30.3 Å². The van der Waals surface area contributed by atoms with Crippen molar-refractivity contribution in [2.24, 2.45) is 5.92 Å². The third-order valence-electron chi connectivity index (χ3n) is 9.23. The Kier molecular flexibility index (Phi) is 13.2. The smallest absolute Gasteiger partial charge is 0.338 e. The third kappa shape index (κ3) is 9.71. The molecule has 1 aliphatic heterocycles. The third-order valence-corrected chi connectivity index (χ3v) is 9.88. The fourth-order valence-electron chi connectivity index (χ4n) is 6.11. The van der Waals surface area contributed by atoms with Gasteiger partial charge in [-0.3, -0.25) is 10.2 Å². The zero-order chi connectivity index (χ0) is 36.5. The number of nitrogens with one attached hydrogen (secondary N) is 1. The van der Waals surface area contributed by atoms with E-state index in [1.807, 2.05) is 42.5 Å². The SMILES string of the molecule is CCN1CCC(C)[C@@H](OC(=O)C(NCc2ccc(C(=O)O[C@@H](Cc3c(Cl)c[n+]([O-])cc3Cl)c3ccc(OC)c(OC)c3)cc2)c2ccccc2)C1. The van der Waals surface area contributed by atoms with Crippen LogP contribution in [0.4, 0.5) is 0 Å². The summed E-state index contributed by atoms with van der Waals surface area (Å²) in [4.78, 5) is 29.4. The van der Waals surface area contributed by atoms with Crippen LogP contribution in [0, 0.1) is 11.1 Å². The van der Waals surface area contributed by atoms with Crippen LogP contribution < -0.4 is 19.5 Å². The van der Waals surface area contributed by atoms with E-state index in [-0.39, 0.29) is 34.5 Å². The van der Waals surface area contributed by atoms with Crippen LogP contribution in [-0.2, 0) is 27.2 Å². The first kappa shape index (κ1) is 37.9. The van der Waals surface area contributed by atoms with Gasteiger partial charge < -0.3 is 24.2 Å². The number of pyridine rings is 1. The lowest BCUT2D eigenvalue weighted by Gasteiger charge is -2.36. The molecule has 0 radical (unpaired) electrons. The minimum Gasteiger partial charge on any atom is -0.619 e. The van der Waals surface area contributed by atoms with Gasteiger partial charge in [0.1, 0.15) is 28.3 Å². The number of piperidine rings is 1. The lowest BCUT2D eigenvalue weighted by molar-refractivity contribution is -0.605. The van der Waals surface area contributed by atoms with Crippen LogP contribution in [0.25, 0.3) is 0 Å². The number of likely N-dealkylation sites (N-methyl/N-ethyl adjacent to an activating group) is 1. The molecular weight excluding hydrogens is 693 g/mol. The molecule has 4 aromatic rings. The summed E-state index contributed by atoms with van der Waals surface area (Å²) in [7, 11) is 3.04. The van der Waals surface area contributed by atoms with Gasteiger partial charge in [0, 0.05) is 25.1 Å². The molecule has 4 atom stereocenters. The number of nitrogens with zero attached hydrogens (tertiary/aromatic N) is 2. The van der Waals surface area contributed by atoms with Crippen LogP contribution in [0.5, 0.6) is 11.5 Å². The molecule has 1 aliphatic rings. The molecule has 1 N–H and O–H groups in total. The molecule has 5 rings (SSSR count). The van der Waals surface area contributed by atoms with E-state index in [2.05, 4.69) is 24.1 Å². The highest BCUT2D eigenvalue weighted by Gasteiger charge is 2.32. The number of esters is 2. The predicted octanol–water partition coefficient (Wildman–Crippen LogP) is 6.89. The van der Waals surface area contributed by atoms with Gasteiger partial charge in [-0.15, -0.1) is 0 Å². The minimum atomic E-state index is -0.843. The summed E-state index contributed by atoms with van der Waals surface area (Å²) in [5.74, 6) is 0.335. The highest BCUT2D eigenvalue weighted by Crippen LogP contribution is 2.35. The minimum absolute atomic E-state index is 0.0921. The standard InChI is InChI=1S/C39H43Cl2N3O7/c1-5-43-18-17-25(2)36(24-43)51-39(46)37(27-9-7-6-8-10-27)42-21-26-11-13-28(14-12-26)38(45)50-34(20-30-31(40)22-44(47)23-32(30)41)29-15-16-33(48-3)35(19-29)49-4/h6-16,19,22-23,25,34,36-37,42H,5,17-18,20-21,24H2,1-4H3/t25?,34-,36-,37?/m0/s1. The largest absolute Gasteiger partial charge is 0.619 e. The molecule has 0 amide bonds. The summed E-state index contributed by atoms with van der Waals surface area (Å²) in [5.41, 5.74) is 3.04. The van der Waals surface area contributed by atoms with Crippen LogP contribution in [-0.4, -0.2) is 56.8 Å². The number of hydrogen-bond acceptors (Lipinski definition) is 9. The number of hydrogen-bond donors (Lipinski definition) is 1. The van der Waals surface area contributed by atoms with Crippen molar-refractivity contribution in [1.29, 1.82) is 0 Å². The molecule has 0 saturated carbocycles. The Balaban J connectivity index is 1.31. The maximum Gasteiger partial charge on any atom is 0.338 e. The molecule has 270 valence electrons. The van der Waals surface area contributed by atoms with Crippen molar-refractivity contribution in [1.82, 2.24) is 10.2 Å². The number of likely N-dealkylation sites (tertiary alicyclic amines) is 1. The molecule has 2 heterocycles. The first-order valence-electron chi connectivity index (χ1n) is 16.9. The Morgan fingerprint density at radius 3 is 2.29 bits per heavy atom. The molecule has 12 heteroatoms. The number of aromatic nitrogens is 1. The highest BCUT2D eigenvalue weighted by atomic mass is 35.5. The Morgan fingerprint density at radius 2 is 1.65 bits per heavy atom. The quantitative estimate of drug-likeness (QED) is 0.0841. The molecule has 2 unspecified atom stereocenters. The Hall–Kier alpha value is -4.35. The zero-order valence-corrected chi connectivity index (χ0v) is 30.7. The highest BCUT2D eigenvalue weighted by molar-refractivity contribution is 6.35.